The molecule has 132 valence electrons. The standard InChI is InChI=1S/C19H14ClFN2O3/c20-17-12-14(21)5-8-16(17)18(24)22-9-1-2-13-3-6-15(7-4-13)23-10-11-26-19(23)25/h3-8,12H,9-11H2,(H,22,24). The van der Waals surface area contributed by atoms with Crippen molar-refractivity contribution in [1.82, 2.24) is 5.32 Å². The summed E-state index contributed by atoms with van der Waals surface area (Å²) in [6.45, 7) is 1.03. The molecule has 3 rings (SSSR count). The number of cyclic esters (lactones) is 1. The van der Waals surface area contributed by atoms with E-state index in [-0.39, 0.29) is 23.2 Å². The summed E-state index contributed by atoms with van der Waals surface area (Å²) in [5.74, 6) is 4.81. The summed E-state index contributed by atoms with van der Waals surface area (Å²) in [6.07, 6.45) is -0.356. The van der Waals surface area contributed by atoms with Crippen LogP contribution in [0.25, 0.3) is 0 Å². The second-order valence-corrected chi connectivity index (χ2v) is 5.83. The topological polar surface area (TPSA) is 58.6 Å². The fourth-order valence-electron chi connectivity index (χ4n) is 2.39. The summed E-state index contributed by atoms with van der Waals surface area (Å²) in [7, 11) is 0. The summed E-state index contributed by atoms with van der Waals surface area (Å²) < 4.78 is 17.9. The monoisotopic (exact) mass is 372 g/mol. The summed E-state index contributed by atoms with van der Waals surface area (Å²) in [5, 5.41) is 2.65. The van der Waals surface area contributed by atoms with E-state index in [1.54, 1.807) is 29.2 Å². The Labute approximate surface area is 154 Å². The maximum Gasteiger partial charge on any atom is 0.414 e. The van der Waals surface area contributed by atoms with Crippen LogP contribution in [-0.2, 0) is 4.74 Å². The van der Waals surface area contributed by atoms with E-state index in [0.29, 0.717) is 13.2 Å². The van der Waals surface area contributed by atoms with Gasteiger partial charge >= 0.3 is 6.09 Å². The minimum atomic E-state index is -0.503. The summed E-state index contributed by atoms with van der Waals surface area (Å²) in [4.78, 5) is 25.0. The third-order valence-electron chi connectivity index (χ3n) is 3.69. The maximum atomic E-state index is 13.0. The molecule has 7 heteroatoms. The van der Waals surface area contributed by atoms with Crippen LogP contribution in [0.1, 0.15) is 15.9 Å². The highest BCUT2D eigenvalue weighted by Gasteiger charge is 2.23. The Kier molecular flexibility index (Phi) is 5.40. The average molecular weight is 373 g/mol. The molecule has 1 aliphatic rings. The number of ether oxygens (including phenoxy) is 1. The Morgan fingerprint density at radius 1 is 1.27 bits per heavy atom. The number of amides is 2. The zero-order valence-electron chi connectivity index (χ0n) is 13.6. The predicted octanol–water partition coefficient (Wildman–Crippen LogP) is 3.22. The smallest absolute Gasteiger partial charge is 0.414 e. The first kappa shape index (κ1) is 17.8. The van der Waals surface area contributed by atoms with Crippen LogP contribution in [0, 0.1) is 17.7 Å². The molecule has 0 bridgehead atoms. The maximum absolute atomic E-state index is 13.0. The molecule has 1 saturated heterocycles. The molecule has 0 spiro atoms. The van der Waals surface area contributed by atoms with Crippen LogP contribution in [0.2, 0.25) is 5.02 Å². The van der Waals surface area contributed by atoms with Crippen LogP contribution in [-0.4, -0.2) is 31.7 Å². The number of nitrogens with zero attached hydrogens (tertiary/aromatic N) is 1. The van der Waals surface area contributed by atoms with Gasteiger partial charge in [0, 0.05) is 11.3 Å². The third-order valence-corrected chi connectivity index (χ3v) is 4.00. The van der Waals surface area contributed by atoms with Crippen molar-refractivity contribution in [3.8, 4) is 11.8 Å². The second kappa shape index (κ2) is 7.89. The molecule has 1 N–H and O–H groups in total. The lowest BCUT2D eigenvalue weighted by Crippen LogP contribution is -2.24. The van der Waals surface area contributed by atoms with Crippen LogP contribution in [0.4, 0.5) is 14.9 Å². The van der Waals surface area contributed by atoms with Gasteiger partial charge in [0.05, 0.1) is 23.7 Å². The Balaban J connectivity index is 1.56. The highest BCUT2D eigenvalue weighted by molar-refractivity contribution is 6.33. The second-order valence-electron chi connectivity index (χ2n) is 5.42. The van der Waals surface area contributed by atoms with Crippen LogP contribution in [0.15, 0.2) is 42.5 Å². The number of carbonyl (C=O) groups is 2. The third kappa shape index (κ3) is 4.13. The fourth-order valence-corrected chi connectivity index (χ4v) is 2.65. The largest absolute Gasteiger partial charge is 0.447 e. The van der Waals surface area contributed by atoms with Gasteiger partial charge < -0.3 is 10.1 Å². The SMILES string of the molecule is O=C(NCC#Cc1ccc(N2CCOC2=O)cc1)c1ccc(F)cc1Cl. The molecular weight excluding hydrogens is 359 g/mol. The van der Waals surface area contributed by atoms with E-state index < -0.39 is 11.7 Å². The highest BCUT2D eigenvalue weighted by Crippen LogP contribution is 2.19. The van der Waals surface area contributed by atoms with Crippen molar-refractivity contribution in [3.05, 3.63) is 64.4 Å². The van der Waals surface area contributed by atoms with E-state index in [0.717, 1.165) is 17.3 Å². The first-order chi connectivity index (χ1) is 12.5. The molecule has 0 aromatic heterocycles. The van der Waals surface area contributed by atoms with Crippen LogP contribution in [0.3, 0.4) is 0 Å². The lowest BCUT2D eigenvalue weighted by molar-refractivity contribution is 0.0958. The van der Waals surface area contributed by atoms with Crippen LogP contribution in [0.5, 0.6) is 0 Å². The van der Waals surface area contributed by atoms with Crippen molar-refractivity contribution in [3.63, 3.8) is 0 Å². The van der Waals surface area contributed by atoms with Gasteiger partial charge in [-0.15, -0.1) is 0 Å². The molecular formula is C19H14ClFN2O3. The molecule has 0 atom stereocenters. The molecule has 2 aromatic rings. The van der Waals surface area contributed by atoms with E-state index in [9.17, 15) is 14.0 Å². The zero-order chi connectivity index (χ0) is 18.5. The summed E-state index contributed by atoms with van der Waals surface area (Å²) in [6, 6.07) is 10.7. The normalized spacial score (nSPS) is 13.0. The van der Waals surface area contributed by atoms with Gasteiger partial charge in [0.15, 0.2) is 0 Å². The number of halogens is 2. The number of rotatable bonds is 3. The van der Waals surface area contributed by atoms with E-state index in [1.165, 1.54) is 12.1 Å². The zero-order valence-corrected chi connectivity index (χ0v) is 14.3. The van der Waals surface area contributed by atoms with Crippen molar-refractivity contribution >= 4 is 29.3 Å². The van der Waals surface area contributed by atoms with Gasteiger partial charge in [0.25, 0.3) is 5.91 Å². The Morgan fingerprint density at radius 2 is 2.04 bits per heavy atom. The number of benzene rings is 2. The number of nitrogens with one attached hydrogen (secondary N) is 1. The van der Waals surface area contributed by atoms with Gasteiger partial charge in [-0.05, 0) is 42.5 Å². The molecule has 0 saturated carbocycles. The van der Waals surface area contributed by atoms with Crippen LogP contribution >= 0.6 is 11.6 Å². The minimum absolute atomic E-state index is 0.0477. The Hall–Kier alpha value is -3.04. The molecule has 0 radical (unpaired) electrons. The van der Waals surface area contributed by atoms with E-state index in [2.05, 4.69) is 17.2 Å². The molecule has 1 heterocycles. The lowest BCUT2D eigenvalue weighted by atomic mass is 10.2. The average Bonchev–Trinajstić information content (AvgIpc) is 3.05. The highest BCUT2D eigenvalue weighted by atomic mass is 35.5. The minimum Gasteiger partial charge on any atom is -0.447 e. The fraction of sp³-hybridized carbons (Fsp3) is 0.158. The van der Waals surface area contributed by atoms with Crippen molar-refractivity contribution in [2.75, 3.05) is 24.6 Å². The summed E-state index contributed by atoms with van der Waals surface area (Å²) in [5.41, 5.74) is 1.68. The molecule has 26 heavy (non-hydrogen) atoms. The van der Waals surface area contributed by atoms with Crippen molar-refractivity contribution in [2.45, 2.75) is 0 Å². The number of hydrogen-bond donors (Lipinski definition) is 1. The first-order valence-corrected chi connectivity index (χ1v) is 8.19. The molecule has 2 amide bonds. The lowest BCUT2D eigenvalue weighted by Gasteiger charge is -2.11. The van der Waals surface area contributed by atoms with Crippen molar-refractivity contribution in [1.29, 1.82) is 0 Å². The quantitative estimate of drug-likeness (QED) is 0.842. The molecule has 0 aliphatic carbocycles. The summed E-state index contributed by atoms with van der Waals surface area (Å²) >= 11 is 5.84. The van der Waals surface area contributed by atoms with Gasteiger partial charge in [-0.2, -0.15) is 0 Å². The number of carbonyl (C=O) groups excluding carboxylic acids is 2. The molecule has 1 fully saturated rings. The number of anilines is 1. The predicted molar refractivity (Wildman–Crippen MR) is 95.8 cm³/mol. The van der Waals surface area contributed by atoms with E-state index in [4.69, 9.17) is 16.3 Å². The number of hydrogen-bond acceptors (Lipinski definition) is 3. The first-order valence-electron chi connectivity index (χ1n) is 7.81. The molecule has 5 nitrogen and oxygen atoms in total. The Morgan fingerprint density at radius 3 is 2.69 bits per heavy atom. The molecule has 0 unspecified atom stereocenters. The van der Waals surface area contributed by atoms with Crippen molar-refractivity contribution < 1.29 is 18.7 Å². The van der Waals surface area contributed by atoms with Crippen molar-refractivity contribution in [2.24, 2.45) is 0 Å². The molecule has 1 aliphatic heterocycles. The Bertz CT molecular complexity index is 903. The van der Waals surface area contributed by atoms with Gasteiger partial charge in [-0.1, -0.05) is 23.4 Å². The van der Waals surface area contributed by atoms with E-state index >= 15 is 0 Å². The van der Waals surface area contributed by atoms with Gasteiger partial charge in [0.2, 0.25) is 0 Å². The van der Waals surface area contributed by atoms with Crippen LogP contribution < -0.4 is 10.2 Å². The molecule has 2 aromatic carbocycles. The van der Waals surface area contributed by atoms with E-state index in [1.807, 2.05) is 0 Å². The van der Waals surface area contributed by atoms with Gasteiger partial charge in [-0.25, -0.2) is 9.18 Å². The van der Waals surface area contributed by atoms with Gasteiger partial charge in [0.1, 0.15) is 12.4 Å². The van der Waals surface area contributed by atoms with Gasteiger partial charge in [-0.3, -0.25) is 9.69 Å².